The van der Waals surface area contributed by atoms with E-state index in [1.807, 2.05) is 0 Å². The van der Waals surface area contributed by atoms with Gasteiger partial charge in [0.15, 0.2) is 0 Å². The maximum Gasteiger partial charge on any atom is 0.421 e. The lowest BCUT2D eigenvalue weighted by molar-refractivity contribution is -0.153. The molecule has 1 rings (SSSR count). The van der Waals surface area contributed by atoms with Crippen LogP contribution in [0.2, 0.25) is 0 Å². The van der Waals surface area contributed by atoms with Crippen LogP contribution in [0.3, 0.4) is 0 Å². The lowest BCUT2D eigenvalue weighted by Gasteiger charge is -2.19. The molecule has 24 heavy (non-hydrogen) atoms. The van der Waals surface area contributed by atoms with E-state index in [0.29, 0.717) is 13.0 Å². The molecule has 0 aliphatic carbocycles. The van der Waals surface area contributed by atoms with E-state index < -0.39 is 29.1 Å². The van der Waals surface area contributed by atoms with Gasteiger partial charge in [0.05, 0.1) is 12.2 Å². The van der Waals surface area contributed by atoms with Crippen LogP contribution in [0.25, 0.3) is 0 Å². The van der Waals surface area contributed by atoms with Gasteiger partial charge >= 0.3 is 12.1 Å². The molecule has 136 valence electrons. The molecule has 0 saturated heterocycles. The number of nitrogens with one attached hydrogen (secondary N) is 1. The van der Waals surface area contributed by atoms with Crippen LogP contribution in [0.1, 0.15) is 38.4 Å². The van der Waals surface area contributed by atoms with Gasteiger partial charge in [-0.3, -0.25) is 4.79 Å². The maximum absolute atomic E-state index is 13.0. The summed E-state index contributed by atoms with van der Waals surface area (Å²) in [7, 11) is 0. The summed E-state index contributed by atoms with van der Waals surface area (Å²) in [5.74, 6) is -1.43. The van der Waals surface area contributed by atoms with Gasteiger partial charge in [0, 0.05) is 0 Å². The van der Waals surface area contributed by atoms with Gasteiger partial charge in [-0.1, -0.05) is 0 Å². The molecule has 1 heterocycles. The second-order valence-electron chi connectivity index (χ2n) is 6.15. The minimum absolute atomic E-state index is 0.00686. The predicted molar refractivity (Wildman–Crippen MR) is 82.9 cm³/mol. The van der Waals surface area contributed by atoms with Gasteiger partial charge in [0.1, 0.15) is 17.0 Å². The van der Waals surface area contributed by atoms with Gasteiger partial charge in [-0.25, -0.2) is 4.98 Å². The van der Waals surface area contributed by atoms with E-state index in [1.54, 1.807) is 20.8 Å². The van der Waals surface area contributed by atoms with Crippen LogP contribution in [0.5, 0.6) is 0 Å². The number of alkyl halides is 3. The summed E-state index contributed by atoms with van der Waals surface area (Å²) in [5.41, 5.74) is 8.75. The third-order valence-electron chi connectivity index (χ3n) is 2.77. The Morgan fingerprint density at radius 1 is 1.21 bits per heavy atom. The van der Waals surface area contributed by atoms with Gasteiger partial charge in [0.25, 0.3) is 0 Å². The molecule has 1 aromatic rings. The molecule has 0 aromatic carbocycles. The molecule has 0 aliphatic rings. The Hall–Kier alpha value is -2.10. The Morgan fingerprint density at radius 2 is 1.83 bits per heavy atom. The standard InChI is InChI=1S/C14H22F3N5O2/c1-13(2,3)24-9(23)7-20-6-4-5-8-10(14(15,16)17)11(18)22-12(19)21-8/h20H,4-7H2,1-3H3,(H4,18,19,21,22). The summed E-state index contributed by atoms with van der Waals surface area (Å²) in [5, 5.41) is 2.80. The van der Waals surface area contributed by atoms with Crippen molar-refractivity contribution in [1.29, 1.82) is 0 Å². The minimum Gasteiger partial charge on any atom is -0.459 e. The van der Waals surface area contributed by atoms with Gasteiger partial charge in [-0.05, 0) is 40.2 Å². The monoisotopic (exact) mass is 349 g/mol. The highest BCUT2D eigenvalue weighted by atomic mass is 19.4. The van der Waals surface area contributed by atoms with E-state index in [9.17, 15) is 18.0 Å². The number of aryl methyl sites for hydroxylation is 1. The number of carbonyl (C=O) groups excluding carboxylic acids is 1. The number of anilines is 2. The fourth-order valence-corrected chi connectivity index (χ4v) is 1.98. The number of ether oxygens (including phenoxy) is 1. The fourth-order valence-electron chi connectivity index (χ4n) is 1.98. The highest BCUT2D eigenvalue weighted by Crippen LogP contribution is 2.35. The minimum atomic E-state index is -4.66. The number of nitrogen functional groups attached to an aromatic ring is 2. The number of rotatable bonds is 6. The third kappa shape index (κ3) is 6.57. The first kappa shape index (κ1) is 19.9. The van der Waals surface area contributed by atoms with Crippen molar-refractivity contribution >= 4 is 17.7 Å². The van der Waals surface area contributed by atoms with Crippen molar-refractivity contribution < 1.29 is 22.7 Å². The Bertz CT molecular complexity index is 585. The smallest absolute Gasteiger partial charge is 0.421 e. The van der Waals surface area contributed by atoms with Crippen LogP contribution in [-0.4, -0.2) is 34.6 Å². The van der Waals surface area contributed by atoms with Gasteiger partial charge in [-0.2, -0.15) is 18.2 Å². The first-order chi connectivity index (χ1) is 10.9. The van der Waals surface area contributed by atoms with Crippen molar-refractivity contribution in [1.82, 2.24) is 15.3 Å². The lowest BCUT2D eigenvalue weighted by atomic mass is 10.1. The van der Waals surface area contributed by atoms with Crippen molar-refractivity contribution in [3.63, 3.8) is 0 Å². The molecule has 1 aromatic heterocycles. The number of aromatic nitrogens is 2. The molecule has 0 fully saturated rings. The molecule has 7 nitrogen and oxygen atoms in total. The number of nitrogens with zero attached hydrogens (tertiary/aromatic N) is 2. The first-order valence-corrected chi connectivity index (χ1v) is 7.32. The summed E-state index contributed by atoms with van der Waals surface area (Å²) >= 11 is 0. The number of esters is 1. The van der Waals surface area contributed by atoms with Gasteiger partial charge < -0.3 is 21.5 Å². The van der Waals surface area contributed by atoms with Gasteiger partial charge in [0.2, 0.25) is 5.95 Å². The van der Waals surface area contributed by atoms with Crippen molar-refractivity contribution in [2.45, 2.75) is 45.4 Å². The van der Waals surface area contributed by atoms with E-state index in [-0.39, 0.29) is 24.6 Å². The van der Waals surface area contributed by atoms with E-state index in [2.05, 4.69) is 15.3 Å². The Balaban J connectivity index is 2.56. The quantitative estimate of drug-likeness (QED) is 0.527. The van der Waals surface area contributed by atoms with Crippen LogP contribution in [0, 0.1) is 0 Å². The zero-order valence-corrected chi connectivity index (χ0v) is 13.8. The molecule has 0 atom stereocenters. The second-order valence-corrected chi connectivity index (χ2v) is 6.15. The van der Waals surface area contributed by atoms with E-state index in [0.717, 1.165) is 0 Å². The molecule has 0 saturated carbocycles. The largest absolute Gasteiger partial charge is 0.459 e. The highest BCUT2D eigenvalue weighted by Gasteiger charge is 2.37. The van der Waals surface area contributed by atoms with E-state index in [4.69, 9.17) is 16.2 Å². The molecular formula is C14H22F3N5O2. The molecule has 0 aliphatic heterocycles. The SMILES string of the molecule is CC(C)(C)OC(=O)CNCCCc1nc(N)nc(N)c1C(F)(F)F. The summed E-state index contributed by atoms with van der Waals surface area (Å²) in [6.45, 7) is 5.51. The number of carbonyl (C=O) groups is 1. The molecule has 0 radical (unpaired) electrons. The van der Waals surface area contributed by atoms with Crippen LogP contribution in [-0.2, 0) is 22.1 Å². The molecule has 0 unspecified atom stereocenters. The summed E-state index contributed by atoms with van der Waals surface area (Å²) in [6, 6.07) is 0. The number of hydrogen-bond acceptors (Lipinski definition) is 7. The van der Waals surface area contributed by atoms with Crippen LogP contribution in [0.4, 0.5) is 24.9 Å². The maximum atomic E-state index is 13.0. The predicted octanol–water partition coefficient (Wildman–Crippen LogP) is 1.52. The normalized spacial score (nSPS) is 12.2. The van der Waals surface area contributed by atoms with Crippen molar-refractivity contribution in [2.24, 2.45) is 0 Å². The van der Waals surface area contributed by atoms with E-state index >= 15 is 0 Å². The number of nitrogens with two attached hydrogens (primary N) is 2. The Labute approximate surface area is 138 Å². The number of hydrogen-bond donors (Lipinski definition) is 3. The molecule has 0 bridgehead atoms. The van der Waals surface area contributed by atoms with Crippen molar-refractivity contribution in [3.8, 4) is 0 Å². The average Bonchev–Trinajstić information content (AvgIpc) is 2.33. The van der Waals surface area contributed by atoms with Gasteiger partial charge in [-0.15, -0.1) is 0 Å². The zero-order chi connectivity index (χ0) is 18.5. The summed E-state index contributed by atoms with van der Waals surface area (Å²) in [4.78, 5) is 18.5. The third-order valence-corrected chi connectivity index (χ3v) is 2.77. The molecule has 10 heteroatoms. The van der Waals surface area contributed by atoms with Crippen molar-refractivity contribution in [3.05, 3.63) is 11.3 Å². The molecule has 5 N–H and O–H groups in total. The second kappa shape index (κ2) is 7.65. The highest BCUT2D eigenvalue weighted by molar-refractivity contribution is 5.72. The lowest BCUT2D eigenvalue weighted by Crippen LogP contribution is -2.32. The number of halogens is 3. The Morgan fingerprint density at radius 3 is 2.38 bits per heavy atom. The fraction of sp³-hybridized carbons (Fsp3) is 0.643. The average molecular weight is 349 g/mol. The zero-order valence-electron chi connectivity index (χ0n) is 13.8. The summed E-state index contributed by atoms with van der Waals surface area (Å²) in [6.07, 6.45) is -4.36. The van der Waals surface area contributed by atoms with E-state index in [1.165, 1.54) is 0 Å². The van der Waals surface area contributed by atoms with Crippen LogP contribution < -0.4 is 16.8 Å². The first-order valence-electron chi connectivity index (χ1n) is 7.32. The molecule has 0 amide bonds. The topological polar surface area (TPSA) is 116 Å². The Kier molecular flexibility index (Phi) is 6.35. The molecule has 0 spiro atoms. The van der Waals surface area contributed by atoms with Crippen LogP contribution >= 0.6 is 0 Å². The summed E-state index contributed by atoms with van der Waals surface area (Å²) < 4.78 is 44.1. The molecular weight excluding hydrogens is 327 g/mol. The van der Waals surface area contributed by atoms with Crippen molar-refractivity contribution in [2.75, 3.05) is 24.6 Å². The van der Waals surface area contributed by atoms with Crippen LogP contribution in [0.15, 0.2) is 0 Å².